The zero-order valence-corrected chi connectivity index (χ0v) is 15.5. The van der Waals surface area contributed by atoms with Crippen LogP contribution in [0.2, 0.25) is 0 Å². The van der Waals surface area contributed by atoms with E-state index in [1.807, 2.05) is 6.92 Å². The molecule has 0 heterocycles. The summed E-state index contributed by atoms with van der Waals surface area (Å²) in [6, 6.07) is 0. The van der Waals surface area contributed by atoms with E-state index in [1.54, 1.807) is 6.92 Å². The fourth-order valence-electron chi connectivity index (χ4n) is 1.09. The van der Waals surface area contributed by atoms with Crippen molar-refractivity contribution in [3.05, 3.63) is 36.6 Å². The van der Waals surface area contributed by atoms with Gasteiger partial charge in [0.05, 0.1) is 13.7 Å². The smallest absolute Gasteiger partial charge is 0.373 e. The molecule has 0 aromatic rings. The molecule has 0 aliphatic rings. The second-order valence-corrected chi connectivity index (χ2v) is 4.90. The number of methoxy groups -OCH3 is 1. The minimum atomic E-state index is -0.774. The second kappa shape index (κ2) is 15.1. The average molecular weight is 356 g/mol. The van der Waals surface area contributed by atoms with Gasteiger partial charge in [-0.25, -0.2) is 14.4 Å². The Kier molecular flexibility index (Phi) is 15.0. The molecule has 0 aliphatic heterocycles. The van der Waals surface area contributed by atoms with Crippen LogP contribution in [-0.4, -0.2) is 44.8 Å². The zero-order valence-electron chi connectivity index (χ0n) is 15.5. The molecule has 0 bridgehead atoms. The fraction of sp³-hybridized carbons (Fsp3) is 0.500. The maximum absolute atomic E-state index is 10.9. The van der Waals surface area contributed by atoms with Crippen molar-refractivity contribution in [1.82, 2.24) is 0 Å². The van der Waals surface area contributed by atoms with Gasteiger partial charge in [-0.2, -0.15) is 0 Å². The van der Waals surface area contributed by atoms with Crippen LogP contribution in [0.1, 0.15) is 33.6 Å². The van der Waals surface area contributed by atoms with Crippen molar-refractivity contribution in [3.8, 4) is 0 Å². The van der Waals surface area contributed by atoms with E-state index in [2.05, 4.69) is 29.2 Å². The molecule has 0 atom stereocenters. The summed E-state index contributed by atoms with van der Waals surface area (Å²) in [5.41, 5.74) is 0.643. The molecule has 25 heavy (non-hydrogen) atoms. The summed E-state index contributed by atoms with van der Waals surface area (Å²) in [7, 11) is 1.17. The Hall–Kier alpha value is -2.41. The highest BCUT2D eigenvalue weighted by molar-refractivity contribution is 5.93. The Morgan fingerprint density at radius 3 is 1.80 bits per heavy atom. The van der Waals surface area contributed by atoms with Crippen LogP contribution in [0.25, 0.3) is 0 Å². The summed E-state index contributed by atoms with van der Waals surface area (Å²) in [6.07, 6.45) is 1.77. The molecule has 0 saturated heterocycles. The van der Waals surface area contributed by atoms with Gasteiger partial charge in [-0.3, -0.25) is 0 Å². The number of esters is 3. The molecule has 0 aromatic heterocycles. The highest BCUT2D eigenvalue weighted by Gasteiger charge is 2.13. The van der Waals surface area contributed by atoms with Crippen LogP contribution in [0.4, 0.5) is 0 Å². The van der Waals surface area contributed by atoms with Crippen LogP contribution in [0.3, 0.4) is 0 Å². The topological polar surface area (TPSA) is 88.1 Å². The summed E-state index contributed by atoms with van der Waals surface area (Å²) >= 11 is 0. The Bertz CT molecular complexity index is 492. The number of carbonyl (C=O) groups is 3. The van der Waals surface area contributed by atoms with E-state index in [1.165, 1.54) is 14.0 Å². The first-order valence-electron chi connectivity index (χ1n) is 7.72. The monoisotopic (exact) mass is 356 g/mol. The predicted octanol–water partition coefficient (Wildman–Crippen LogP) is 2.71. The predicted molar refractivity (Wildman–Crippen MR) is 93.6 cm³/mol. The van der Waals surface area contributed by atoms with E-state index < -0.39 is 11.9 Å². The highest BCUT2D eigenvalue weighted by Crippen LogP contribution is 2.01. The summed E-state index contributed by atoms with van der Waals surface area (Å²) < 4.78 is 18.7. The SMILES string of the molecule is C=C(C)C(=O)OC(=C)C(=O)OC.C=C(C)C(=O)OCCCCOCC. The minimum absolute atomic E-state index is 0.194. The number of carbonyl (C=O) groups excluding carboxylic acids is 3. The first kappa shape index (κ1) is 24.8. The first-order valence-corrected chi connectivity index (χ1v) is 7.72. The number of ether oxygens (including phenoxy) is 4. The van der Waals surface area contributed by atoms with Crippen molar-refractivity contribution in [2.45, 2.75) is 33.6 Å². The number of hydrogen-bond acceptors (Lipinski definition) is 7. The van der Waals surface area contributed by atoms with Crippen molar-refractivity contribution in [2.75, 3.05) is 26.9 Å². The molecule has 0 aliphatic carbocycles. The van der Waals surface area contributed by atoms with Gasteiger partial charge < -0.3 is 18.9 Å². The molecule has 0 rings (SSSR count). The lowest BCUT2D eigenvalue weighted by Crippen LogP contribution is -2.12. The van der Waals surface area contributed by atoms with E-state index in [0.717, 1.165) is 26.1 Å². The molecule has 0 spiro atoms. The van der Waals surface area contributed by atoms with E-state index in [-0.39, 0.29) is 17.3 Å². The van der Waals surface area contributed by atoms with Gasteiger partial charge in [0.25, 0.3) is 0 Å². The largest absolute Gasteiger partial charge is 0.463 e. The minimum Gasteiger partial charge on any atom is -0.463 e. The first-order chi connectivity index (χ1) is 11.7. The molecule has 0 amide bonds. The number of unbranched alkanes of at least 4 members (excludes halogenated alkanes) is 1. The van der Waals surface area contributed by atoms with E-state index in [4.69, 9.17) is 9.47 Å². The van der Waals surface area contributed by atoms with E-state index in [0.29, 0.717) is 12.2 Å². The van der Waals surface area contributed by atoms with Gasteiger partial charge in [0.15, 0.2) is 0 Å². The maximum atomic E-state index is 10.9. The van der Waals surface area contributed by atoms with Gasteiger partial charge in [-0.1, -0.05) is 13.2 Å². The van der Waals surface area contributed by atoms with Crippen LogP contribution in [0.5, 0.6) is 0 Å². The summed E-state index contributed by atoms with van der Waals surface area (Å²) in [5.74, 6) is -2.11. The lowest BCUT2D eigenvalue weighted by Gasteiger charge is -2.03. The summed E-state index contributed by atoms with van der Waals surface area (Å²) in [5, 5.41) is 0. The Morgan fingerprint density at radius 1 is 0.840 bits per heavy atom. The molecular weight excluding hydrogens is 328 g/mol. The molecule has 0 radical (unpaired) electrons. The molecular formula is C18H28O7. The Labute approximate surface area is 149 Å². The van der Waals surface area contributed by atoms with Gasteiger partial charge in [0.1, 0.15) is 0 Å². The van der Waals surface area contributed by atoms with E-state index in [9.17, 15) is 14.4 Å². The number of rotatable bonds is 10. The maximum Gasteiger partial charge on any atom is 0.373 e. The molecule has 0 N–H and O–H groups in total. The zero-order chi connectivity index (χ0) is 19.8. The number of hydrogen-bond donors (Lipinski definition) is 0. The molecule has 7 nitrogen and oxygen atoms in total. The molecule has 0 aromatic carbocycles. The van der Waals surface area contributed by atoms with Crippen LogP contribution in [0.15, 0.2) is 36.6 Å². The van der Waals surface area contributed by atoms with Gasteiger partial charge >= 0.3 is 17.9 Å². The van der Waals surface area contributed by atoms with Crippen molar-refractivity contribution in [1.29, 1.82) is 0 Å². The van der Waals surface area contributed by atoms with Crippen LogP contribution in [-0.2, 0) is 33.3 Å². The van der Waals surface area contributed by atoms with Gasteiger partial charge in [0, 0.05) is 24.4 Å². The molecule has 7 heteroatoms. The molecule has 0 unspecified atom stereocenters. The summed E-state index contributed by atoms with van der Waals surface area (Å²) in [4.78, 5) is 32.3. The fourth-order valence-corrected chi connectivity index (χ4v) is 1.09. The third-order valence-corrected chi connectivity index (χ3v) is 2.45. The van der Waals surface area contributed by atoms with Gasteiger partial charge in [-0.15, -0.1) is 0 Å². The van der Waals surface area contributed by atoms with Gasteiger partial charge in [0.2, 0.25) is 5.76 Å². The van der Waals surface area contributed by atoms with Crippen LogP contribution < -0.4 is 0 Å². The lowest BCUT2D eigenvalue weighted by molar-refractivity contribution is -0.147. The standard InChI is InChI=1S/C10H18O3.C8H10O4/c1-4-12-7-5-6-8-13-10(11)9(2)3;1-5(2)7(9)12-6(3)8(10)11-4/h2,4-8H2,1,3H3;1,3H2,2,4H3. The third-order valence-electron chi connectivity index (χ3n) is 2.45. The molecule has 0 saturated carbocycles. The Morgan fingerprint density at radius 2 is 1.36 bits per heavy atom. The highest BCUT2D eigenvalue weighted by atomic mass is 16.6. The van der Waals surface area contributed by atoms with Crippen molar-refractivity contribution < 1.29 is 33.3 Å². The van der Waals surface area contributed by atoms with E-state index >= 15 is 0 Å². The third kappa shape index (κ3) is 14.9. The lowest BCUT2D eigenvalue weighted by atomic mass is 10.3. The molecule has 0 fully saturated rings. The van der Waals surface area contributed by atoms with Crippen molar-refractivity contribution in [3.63, 3.8) is 0 Å². The average Bonchev–Trinajstić information content (AvgIpc) is 2.57. The quantitative estimate of drug-likeness (QED) is 0.195. The molecule has 142 valence electrons. The van der Waals surface area contributed by atoms with Crippen LogP contribution >= 0.6 is 0 Å². The normalized spacial score (nSPS) is 9.12. The second-order valence-electron chi connectivity index (χ2n) is 4.90. The van der Waals surface area contributed by atoms with Crippen molar-refractivity contribution in [2.24, 2.45) is 0 Å². The van der Waals surface area contributed by atoms with Crippen LogP contribution in [0, 0.1) is 0 Å². The van der Waals surface area contributed by atoms with Crippen molar-refractivity contribution >= 4 is 17.9 Å². The summed E-state index contributed by atoms with van der Waals surface area (Å²) in [6.45, 7) is 17.0. The Balaban J connectivity index is 0. The van der Waals surface area contributed by atoms with Gasteiger partial charge in [-0.05, 0) is 40.2 Å².